The first-order valence-corrected chi connectivity index (χ1v) is 7.38. The van der Waals surface area contributed by atoms with Gasteiger partial charge < -0.3 is 14.9 Å². The summed E-state index contributed by atoms with van der Waals surface area (Å²) in [5.74, 6) is -0.391. The molecule has 2 fully saturated rings. The molecular formula is C14H24N2O3. The maximum Gasteiger partial charge on any atom is 0.320 e. The first-order valence-electron chi connectivity index (χ1n) is 7.38. The molecule has 19 heavy (non-hydrogen) atoms. The van der Waals surface area contributed by atoms with Crippen LogP contribution in [0.25, 0.3) is 0 Å². The molecule has 1 unspecified atom stereocenters. The van der Waals surface area contributed by atoms with Gasteiger partial charge in [-0.15, -0.1) is 0 Å². The van der Waals surface area contributed by atoms with Crippen molar-refractivity contribution in [2.45, 2.75) is 39.0 Å². The molecule has 0 bridgehead atoms. The molecule has 0 saturated carbocycles. The zero-order valence-corrected chi connectivity index (χ0v) is 11.7. The number of hydrogen-bond acceptors (Lipinski definition) is 2. The van der Waals surface area contributed by atoms with Crippen molar-refractivity contribution in [1.29, 1.82) is 0 Å². The van der Waals surface area contributed by atoms with Crippen LogP contribution >= 0.6 is 0 Å². The average molecular weight is 268 g/mol. The molecule has 5 nitrogen and oxygen atoms in total. The summed E-state index contributed by atoms with van der Waals surface area (Å²) in [5.41, 5.74) is 0. The van der Waals surface area contributed by atoms with Gasteiger partial charge in [0.25, 0.3) is 0 Å². The number of piperidine rings is 1. The molecule has 1 N–H and O–H groups in total. The van der Waals surface area contributed by atoms with E-state index in [0.717, 1.165) is 31.8 Å². The van der Waals surface area contributed by atoms with E-state index in [1.165, 1.54) is 12.8 Å². The fourth-order valence-corrected chi connectivity index (χ4v) is 3.16. The van der Waals surface area contributed by atoms with Crippen LogP contribution in [0, 0.1) is 11.8 Å². The lowest BCUT2D eigenvalue weighted by atomic mass is 9.93. The quantitative estimate of drug-likeness (QED) is 0.852. The van der Waals surface area contributed by atoms with Crippen molar-refractivity contribution in [2.75, 3.05) is 26.2 Å². The summed E-state index contributed by atoms with van der Waals surface area (Å²) in [5, 5.41) is 8.97. The number of carboxylic acid groups (broad SMARTS) is 1. The number of carboxylic acids is 1. The average Bonchev–Trinajstić information content (AvgIpc) is 2.89. The Labute approximate surface area is 114 Å². The van der Waals surface area contributed by atoms with Gasteiger partial charge >= 0.3 is 12.0 Å². The van der Waals surface area contributed by atoms with Crippen LogP contribution in [0.5, 0.6) is 0 Å². The van der Waals surface area contributed by atoms with E-state index in [0.29, 0.717) is 19.5 Å². The van der Waals surface area contributed by atoms with E-state index in [-0.39, 0.29) is 11.9 Å². The fraction of sp³-hybridized carbons (Fsp3) is 0.857. The van der Waals surface area contributed by atoms with Crippen molar-refractivity contribution >= 4 is 12.0 Å². The highest BCUT2D eigenvalue weighted by Gasteiger charge is 2.34. The van der Waals surface area contributed by atoms with Crippen molar-refractivity contribution in [1.82, 2.24) is 9.80 Å². The van der Waals surface area contributed by atoms with Gasteiger partial charge in [-0.25, -0.2) is 4.79 Å². The van der Waals surface area contributed by atoms with Crippen molar-refractivity contribution in [3.05, 3.63) is 0 Å². The van der Waals surface area contributed by atoms with E-state index in [2.05, 4.69) is 6.92 Å². The zero-order chi connectivity index (χ0) is 13.8. The number of carbonyl (C=O) groups is 2. The van der Waals surface area contributed by atoms with Crippen molar-refractivity contribution in [3.63, 3.8) is 0 Å². The third-order valence-corrected chi connectivity index (χ3v) is 4.39. The third kappa shape index (κ3) is 3.39. The topological polar surface area (TPSA) is 60.9 Å². The number of nitrogens with zero attached hydrogens (tertiary/aromatic N) is 2. The second-order valence-corrected chi connectivity index (χ2v) is 5.77. The normalized spacial score (nSPS) is 24.8. The second kappa shape index (κ2) is 6.26. The van der Waals surface area contributed by atoms with Crippen molar-refractivity contribution < 1.29 is 14.7 Å². The Kier molecular flexibility index (Phi) is 4.66. The molecule has 0 radical (unpaired) electrons. The van der Waals surface area contributed by atoms with Crippen LogP contribution in [0.1, 0.15) is 39.0 Å². The standard InChI is InChI=1S/C14H24N2O3/c1-2-3-11-4-7-15(8-5-11)14(19)16-9-6-12(10-16)13(17)18/h11-12H,2-10H2,1H3,(H,17,18). The smallest absolute Gasteiger partial charge is 0.320 e. The first-order chi connectivity index (χ1) is 9.11. The van der Waals surface area contributed by atoms with Gasteiger partial charge in [0.2, 0.25) is 0 Å². The molecule has 2 aliphatic rings. The number of likely N-dealkylation sites (tertiary alicyclic amines) is 2. The third-order valence-electron chi connectivity index (χ3n) is 4.39. The lowest BCUT2D eigenvalue weighted by Crippen LogP contribution is -2.46. The molecule has 2 aliphatic heterocycles. The molecule has 0 aromatic heterocycles. The Hall–Kier alpha value is -1.26. The van der Waals surface area contributed by atoms with Gasteiger partial charge in [0.15, 0.2) is 0 Å². The molecule has 2 rings (SSSR count). The van der Waals surface area contributed by atoms with Crippen LogP contribution in [0.3, 0.4) is 0 Å². The number of carbonyl (C=O) groups excluding carboxylic acids is 1. The summed E-state index contributed by atoms with van der Waals surface area (Å²) in [7, 11) is 0. The van der Waals surface area contributed by atoms with E-state index < -0.39 is 5.97 Å². The van der Waals surface area contributed by atoms with Crippen LogP contribution in [0.2, 0.25) is 0 Å². The molecule has 2 amide bonds. The molecule has 0 aliphatic carbocycles. The van der Waals surface area contributed by atoms with Gasteiger partial charge in [0.1, 0.15) is 0 Å². The predicted molar refractivity (Wildman–Crippen MR) is 71.9 cm³/mol. The van der Waals surface area contributed by atoms with E-state index >= 15 is 0 Å². The monoisotopic (exact) mass is 268 g/mol. The molecular weight excluding hydrogens is 244 g/mol. The Morgan fingerprint density at radius 1 is 1.11 bits per heavy atom. The van der Waals surface area contributed by atoms with Crippen LogP contribution < -0.4 is 0 Å². The number of urea groups is 1. The van der Waals surface area contributed by atoms with Crippen LogP contribution in [0.15, 0.2) is 0 Å². The molecule has 5 heteroatoms. The summed E-state index contributed by atoms with van der Waals surface area (Å²) in [4.78, 5) is 26.8. The van der Waals surface area contributed by atoms with Crippen LogP contribution in [-0.2, 0) is 4.79 Å². The van der Waals surface area contributed by atoms with Gasteiger partial charge in [0, 0.05) is 26.2 Å². The minimum atomic E-state index is -0.781. The molecule has 0 aromatic rings. The maximum absolute atomic E-state index is 12.3. The minimum absolute atomic E-state index is 0.0405. The first kappa shape index (κ1) is 14.2. The predicted octanol–water partition coefficient (Wildman–Crippen LogP) is 2.03. The van der Waals surface area contributed by atoms with Gasteiger partial charge in [-0.1, -0.05) is 19.8 Å². The van der Waals surface area contributed by atoms with Gasteiger partial charge in [0.05, 0.1) is 5.92 Å². The van der Waals surface area contributed by atoms with Crippen LogP contribution in [-0.4, -0.2) is 53.1 Å². The Balaban J connectivity index is 1.80. The Bertz CT molecular complexity index is 338. The molecule has 108 valence electrons. The lowest BCUT2D eigenvalue weighted by Gasteiger charge is -2.34. The number of rotatable bonds is 3. The number of amides is 2. The van der Waals surface area contributed by atoms with E-state index in [9.17, 15) is 9.59 Å². The van der Waals surface area contributed by atoms with Gasteiger partial charge in [-0.2, -0.15) is 0 Å². The summed E-state index contributed by atoms with van der Waals surface area (Å²) < 4.78 is 0. The molecule has 0 aromatic carbocycles. The largest absolute Gasteiger partial charge is 0.481 e. The molecule has 1 atom stereocenters. The highest BCUT2D eigenvalue weighted by Crippen LogP contribution is 2.24. The number of hydrogen-bond donors (Lipinski definition) is 1. The lowest BCUT2D eigenvalue weighted by molar-refractivity contribution is -0.141. The van der Waals surface area contributed by atoms with E-state index in [1.54, 1.807) is 4.90 Å². The Morgan fingerprint density at radius 3 is 2.26 bits per heavy atom. The van der Waals surface area contributed by atoms with Gasteiger partial charge in [-0.3, -0.25) is 4.79 Å². The summed E-state index contributed by atoms with van der Waals surface area (Å²) in [6.45, 7) is 4.83. The Morgan fingerprint density at radius 2 is 1.74 bits per heavy atom. The number of aliphatic carboxylic acids is 1. The van der Waals surface area contributed by atoms with Crippen molar-refractivity contribution in [3.8, 4) is 0 Å². The zero-order valence-electron chi connectivity index (χ0n) is 11.7. The van der Waals surface area contributed by atoms with Crippen LogP contribution in [0.4, 0.5) is 4.79 Å². The summed E-state index contributed by atoms with van der Waals surface area (Å²) in [6.07, 6.45) is 5.25. The van der Waals surface area contributed by atoms with E-state index in [1.807, 2.05) is 4.90 Å². The molecule has 2 saturated heterocycles. The SMILES string of the molecule is CCCC1CCN(C(=O)N2CCC(C(=O)O)C2)CC1. The van der Waals surface area contributed by atoms with Crippen molar-refractivity contribution in [2.24, 2.45) is 11.8 Å². The highest BCUT2D eigenvalue weighted by molar-refractivity contribution is 5.77. The van der Waals surface area contributed by atoms with E-state index in [4.69, 9.17) is 5.11 Å². The summed E-state index contributed by atoms with van der Waals surface area (Å²) >= 11 is 0. The molecule has 2 heterocycles. The fourth-order valence-electron chi connectivity index (χ4n) is 3.16. The second-order valence-electron chi connectivity index (χ2n) is 5.77. The maximum atomic E-state index is 12.3. The highest BCUT2D eigenvalue weighted by atomic mass is 16.4. The van der Waals surface area contributed by atoms with Gasteiger partial charge in [-0.05, 0) is 25.2 Å². The molecule has 0 spiro atoms. The minimum Gasteiger partial charge on any atom is -0.481 e. The summed E-state index contributed by atoms with van der Waals surface area (Å²) in [6, 6.07) is 0.0405.